The van der Waals surface area contributed by atoms with Crippen LogP contribution in [-0.4, -0.2) is 25.2 Å². The molecule has 3 aromatic carbocycles. The lowest BCUT2D eigenvalue weighted by Gasteiger charge is -2.19. The number of amides is 2. The molecule has 0 saturated carbocycles. The minimum absolute atomic E-state index is 0.124. The SMILES string of the molecule is COc1ccccc1NC(=O)[C@H](Cc1ccccc1)NC(=O)OCc1ccccc1. The zero-order valence-corrected chi connectivity index (χ0v) is 16.7. The Kier molecular flexibility index (Phi) is 7.44. The highest BCUT2D eigenvalue weighted by atomic mass is 16.5. The number of carbonyl (C=O) groups is 2. The average molecular weight is 404 g/mol. The molecule has 2 N–H and O–H groups in total. The number of methoxy groups -OCH3 is 1. The maximum atomic E-state index is 13.0. The molecule has 1 atom stereocenters. The first kappa shape index (κ1) is 20.9. The predicted octanol–water partition coefficient (Wildman–Crippen LogP) is 4.17. The Balaban J connectivity index is 1.69. The van der Waals surface area contributed by atoms with Gasteiger partial charge in [0.2, 0.25) is 5.91 Å². The van der Waals surface area contributed by atoms with Crippen LogP contribution in [0.4, 0.5) is 10.5 Å². The van der Waals surface area contributed by atoms with Crippen molar-refractivity contribution in [1.29, 1.82) is 0 Å². The number of carbonyl (C=O) groups excluding carboxylic acids is 2. The highest BCUT2D eigenvalue weighted by molar-refractivity contribution is 5.97. The number of nitrogens with one attached hydrogen (secondary N) is 2. The largest absolute Gasteiger partial charge is 0.495 e. The number of ether oxygens (including phenoxy) is 2. The molecule has 30 heavy (non-hydrogen) atoms. The van der Waals surface area contributed by atoms with Crippen molar-refractivity contribution < 1.29 is 19.1 Å². The summed E-state index contributed by atoms with van der Waals surface area (Å²) in [6.07, 6.45) is -0.336. The number of anilines is 1. The van der Waals surface area contributed by atoms with E-state index >= 15 is 0 Å². The highest BCUT2D eigenvalue weighted by Crippen LogP contribution is 2.23. The Morgan fingerprint density at radius 1 is 0.833 bits per heavy atom. The Morgan fingerprint density at radius 3 is 2.10 bits per heavy atom. The molecule has 3 aromatic rings. The van der Waals surface area contributed by atoms with Gasteiger partial charge >= 0.3 is 6.09 Å². The third-order valence-corrected chi connectivity index (χ3v) is 4.47. The van der Waals surface area contributed by atoms with Gasteiger partial charge in [-0.2, -0.15) is 0 Å². The fourth-order valence-electron chi connectivity index (χ4n) is 2.93. The fourth-order valence-corrected chi connectivity index (χ4v) is 2.93. The van der Waals surface area contributed by atoms with E-state index in [0.717, 1.165) is 11.1 Å². The molecular formula is C24H24N2O4. The van der Waals surface area contributed by atoms with Crippen molar-refractivity contribution in [2.24, 2.45) is 0 Å². The van der Waals surface area contributed by atoms with Crippen molar-refractivity contribution in [3.05, 3.63) is 96.1 Å². The summed E-state index contributed by atoms with van der Waals surface area (Å²) >= 11 is 0. The third-order valence-electron chi connectivity index (χ3n) is 4.47. The van der Waals surface area contributed by atoms with Gasteiger partial charge in [-0.25, -0.2) is 4.79 Å². The van der Waals surface area contributed by atoms with E-state index in [-0.39, 0.29) is 12.5 Å². The topological polar surface area (TPSA) is 76.7 Å². The maximum absolute atomic E-state index is 13.0. The summed E-state index contributed by atoms with van der Waals surface area (Å²) < 4.78 is 10.6. The zero-order valence-electron chi connectivity index (χ0n) is 16.7. The van der Waals surface area contributed by atoms with E-state index in [1.54, 1.807) is 18.2 Å². The molecule has 0 bridgehead atoms. The summed E-state index contributed by atoms with van der Waals surface area (Å²) in [5, 5.41) is 5.51. The summed E-state index contributed by atoms with van der Waals surface area (Å²) in [6, 6.07) is 25.1. The van der Waals surface area contributed by atoms with E-state index in [1.807, 2.05) is 66.7 Å². The molecule has 2 amide bonds. The number of alkyl carbamates (subject to hydrolysis) is 1. The van der Waals surface area contributed by atoms with E-state index < -0.39 is 12.1 Å². The van der Waals surface area contributed by atoms with Gasteiger partial charge < -0.3 is 20.1 Å². The molecule has 0 spiro atoms. The molecular weight excluding hydrogens is 380 g/mol. The molecule has 0 radical (unpaired) electrons. The molecule has 0 unspecified atom stereocenters. The first-order chi connectivity index (χ1) is 14.7. The van der Waals surface area contributed by atoms with E-state index in [0.29, 0.717) is 17.9 Å². The minimum atomic E-state index is -0.819. The summed E-state index contributed by atoms with van der Waals surface area (Å²) in [7, 11) is 1.53. The van der Waals surface area contributed by atoms with Gasteiger partial charge in [-0.3, -0.25) is 4.79 Å². The second-order valence-corrected chi connectivity index (χ2v) is 6.64. The van der Waals surface area contributed by atoms with Crippen LogP contribution in [0, 0.1) is 0 Å². The zero-order chi connectivity index (χ0) is 21.2. The molecule has 0 aliphatic carbocycles. The normalized spacial score (nSPS) is 11.2. The molecule has 6 nitrogen and oxygen atoms in total. The molecule has 3 rings (SSSR count). The highest BCUT2D eigenvalue weighted by Gasteiger charge is 2.23. The predicted molar refractivity (Wildman–Crippen MR) is 115 cm³/mol. The van der Waals surface area contributed by atoms with Crippen LogP contribution >= 0.6 is 0 Å². The van der Waals surface area contributed by atoms with Crippen LogP contribution in [-0.2, 0) is 22.6 Å². The second-order valence-electron chi connectivity index (χ2n) is 6.64. The van der Waals surface area contributed by atoms with Crippen molar-refractivity contribution in [2.75, 3.05) is 12.4 Å². The van der Waals surface area contributed by atoms with Crippen LogP contribution in [0.3, 0.4) is 0 Å². The van der Waals surface area contributed by atoms with Gasteiger partial charge in [0.05, 0.1) is 12.8 Å². The van der Waals surface area contributed by atoms with Crippen LogP contribution in [0.25, 0.3) is 0 Å². The van der Waals surface area contributed by atoms with E-state index in [9.17, 15) is 9.59 Å². The van der Waals surface area contributed by atoms with Gasteiger partial charge in [-0.15, -0.1) is 0 Å². The fraction of sp³-hybridized carbons (Fsp3) is 0.167. The summed E-state index contributed by atoms with van der Waals surface area (Å²) in [5.74, 6) is 0.177. The van der Waals surface area contributed by atoms with Crippen molar-refractivity contribution in [3.63, 3.8) is 0 Å². The monoisotopic (exact) mass is 404 g/mol. The van der Waals surface area contributed by atoms with Crippen LogP contribution in [0.5, 0.6) is 5.75 Å². The van der Waals surface area contributed by atoms with Crippen molar-refractivity contribution in [3.8, 4) is 5.75 Å². The van der Waals surface area contributed by atoms with Crippen LogP contribution in [0.2, 0.25) is 0 Å². The van der Waals surface area contributed by atoms with E-state index in [1.165, 1.54) is 7.11 Å². The summed E-state index contributed by atoms with van der Waals surface area (Å²) in [5.41, 5.74) is 2.31. The molecule has 0 aromatic heterocycles. The van der Waals surface area contributed by atoms with Gasteiger partial charge in [-0.05, 0) is 23.3 Å². The standard InChI is InChI=1S/C24H24N2O4/c1-29-22-15-9-8-14-20(22)25-23(27)21(16-18-10-4-2-5-11-18)26-24(28)30-17-19-12-6-3-7-13-19/h2-15,21H,16-17H2,1H3,(H,25,27)(H,26,28)/t21-/m0/s1. The Labute approximate surface area is 175 Å². The molecule has 0 saturated heterocycles. The van der Waals surface area contributed by atoms with Crippen LogP contribution < -0.4 is 15.4 Å². The van der Waals surface area contributed by atoms with Crippen LogP contribution in [0.1, 0.15) is 11.1 Å². The van der Waals surface area contributed by atoms with Crippen LogP contribution in [0.15, 0.2) is 84.9 Å². The van der Waals surface area contributed by atoms with E-state index in [4.69, 9.17) is 9.47 Å². The maximum Gasteiger partial charge on any atom is 0.408 e. The molecule has 0 aliphatic rings. The lowest BCUT2D eigenvalue weighted by molar-refractivity contribution is -0.118. The molecule has 0 aliphatic heterocycles. The van der Waals surface area contributed by atoms with Crippen molar-refractivity contribution in [1.82, 2.24) is 5.32 Å². The van der Waals surface area contributed by atoms with Crippen molar-refractivity contribution >= 4 is 17.7 Å². The Bertz CT molecular complexity index is 961. The van der Waals surface area contributed by atoms with Gasteiger partial charge in [0, 0.05) is 6.42 Å². The minimum Gasteiger partial charge on any atom is -0.495 e. The first-order valence-corrected chi connectivity index (χ1v) is 9.60. The number of hydrogen-bond acceptors (Lipinski definition) is 4. The van der Waals surface area contributed by atoms with Gasteiger partial charge in [0.1, 0.15) is 18.4 Å². The van der Waals surface area contributed by atoms with Gasteiger partial charge in [0.25, 0.3) is 0 Å². The summed E-state index contributed by atoms with van der Waals surface area (Å²) in [6.45, 7) is 0.124. The Hall–Kier alpha value is -3.80. The Morgan fingerprint density at radius 2 is 1.43 bits per heavy atom. The smallest absolute Gasteiger partial charge is 0.408 e. The van der Waals surface area contributed by atoms with Crippen molar-refractivity contribution in [2.45, 2.75) is 19.1 Å². The lowest BCUT2D eigenvalue weighted by Crippen LogP contribution is -2.45. The lowest BCUT2D eigenvalue weighted by atomic mass is 10.1. The second kappa shape index (κ2) is 10.7. The van der Waals surface area contributed by atoms with Gasteiger partial charge in [0.15, 0.2) is 0 Å². The quantitative estimate of drug-likeness (QED) is 0.591. The first-order valence-electron chi connectivity index (χ1n) is 9.60. The van der Waals surface area contributed by atoms with Gasteiger partial charge in [-0.1, -0.05) is 72.8 Å². The number of benzene rings is 3. The number of hydrogen-bond donors (Lipinski definition) is 2. The van der Waals surface area contributed by atoms with E-state index in [2.05, 4.69) is 10.6 Å². The summed E-state index contributed by atoms with van der Waals surface area (Å²) in [4.78, 5) is 25.3. The number of rotatable bonds is 8. The molecule has 154 valence electrons. The third kappa shape index (κ3) is 6.10. The average Bonchev–Trinajstić information content (AvgIpc) is 2.79. The molecule has 0 heterocycles. The molecule has 0 fully saturated rings. The molecule has 6 heteroatoms. The number of para-hydroxylation sites is 2.